The first-order chi connectivity index (χ1) is 10.7. The van der Waals surface area contributed by atoms with Gasteiger partial charge in [0.1, 0.15) is 5.82 Å². The first-order valence-corrected chi connectivity index (χ1v) is 7.84. The number of amides is 2. The average Bonchev–Trinajstić information content (AvgIpc) is 3.00. The lowest BCUT2D eigenvalue weighted by Crippen LogP contribution is -2.36. The van der Waals surface area contributed by atoms with Gasteiger partial charge in [-0.25, -0.2) is 4.68 Å². The van der Waals surface area contributed by atoms with E-state index in [1.54, 1.807) is 19.4 Å². The van der Waals surface area contributed by atoms with Gasteiger partial charge in [-0.1, -0.05) is 19.3 Å². The maximum absolute atomic E-state index is 11.9. The summed E-state index contributed by atoms with van der Waals surface area (Å²) < 4.78 is 6.72. The van der Waals surface area contributed by atoms with Crippen LogP contribution >= 0.6 is 0 Å². The molecule has 22 heavy (non-hydrogen) atoms. The Labute approximate surface area is 130 Å². The zero-order chi connectivity index (χ0) is 15.8. The number of aromatic nitrogens is 2. The van der Waals surface area contributed by atoms with Crippen molar-refractivity contribution < 1.29 is 14.3 Å². The molecule has 1 saturated carbocycles. The van der Waals surface area contributed by atoms with Crippen LogP contribution in [0.4, 0.5) is 5.82 Å². The highest BCUT2D eigenvalue weighted by Gasteiger charge is 2.21. The lowest BCUT2D eigenvalue weighted by atomic mass is 9.96. The predicted molar refractivity (Wildman–Crippen MR) is 82.5 cm³/mol. The van der Waals surface area contributed by atoms with E-state index in [2.05, 4.69) is 15.7 Å². The minimum Gasteiger partial charge on any atom is -0.385 e. The molecule has 0 atom stereocenters. The van der Waals surface area contributed by atoms with Gasteiger partial charge in [0.15, 0.2) is 0 Å². The van der Waals surface area contributed by atoms with E-state index < -0.39 is 11.8 Å². The van der Waals surface area contributed by atoms with E-state index in [1.165, 1.54) is 19.3 Å². The van der Waals surface area contributed by atoms with Gasteiger partial charge in [-0.3, -0.25) is 9.59 Å². The van der Waals surface area contributed by atoms with Crippen LogP contribution in [0.5, 0.6) is 0 Å². The summed E-state index contributed by atoms with van der Waals surface area (Å²) in [4.78, 5) is 23.6. The third-order valence-corrected chi connectivity index (χ3v) is 3.85. The van der Waals surface area contributed by atoms with Crippen LogP contribution in [0.15, 0.2) is 12.3 Å². The Morgan fingerprint density at radius 2 is 2.09 bits per heavy atom. The molecule has 0 spiro atoms. The second kappa shape index (κ2) is 8.53. The Morgan fingerprint density at radius 3 is 2.82 bits per heavy atom. The molecule has 1 aromatic heterocycles. The summed E-state index contributed by atoms with van der Waals surface area (Å²) in [5.74, 6) is -0.702. The normalized spacial score (nSPS) is 15.5. The number of hydrogen-bond donors (Lipinski definition) is 2. The van der Waals surface area contributed by atoms with Crippen molar-refractivity contribution in [1.82, 2.24) is 15.1 Å². The number of nitrogens with zero attached hydrogens (tertiary/aromatic N) is 2. The average molecular weight is 308 g/mol. The third-order valence-electron chi connectivity index (χ3n) is 3.85. The Morgan fingerprint density at radius 1 is 1.32 bits per heavy atom. The van der Waals surface area contributed by atoms with E-state index in [4.69, 9.17) is 4.74 Å². The van der Waals surface area contributed by atoms with Crippen molar-refractivity contribution >= 4 is 17.6 Å². The van der Waals surface area contributed by atoms with Crippen LogP contribution in [0.1, 0.15) is 44.6 Å². The Balaban J connectivity index is 1.86. The second-order valence-corrected chi connectivity index (χ2v) is 5.51. The first-order valence-electron chi connectivity index (χ1n) is 7.84. The smallest absolute Gasteiger partial charge is 0.314 e. The highest BCUT2D eigenvalue weighted by atomic mass is 16.5. The van der Waals surface area contributed by atoms with Gasteiger partial charge in [-0.2, -0.15) is 5.10 Å². The maximum atomic E-state index is 11.9. The van der Waals surface area contributed by atoms with E-state index in [-0.39, 0.29) is 0 Å². The van der Waals surface area contributed by atoms with E-state index in [0.717, 1.165) is 12.8 Å². The lowest BCUT2D eigenvalue weighted by Gasteiger charge is -2.23. The molecular formula is C15H24N4O3. The van der Waals surface area contributed by atoms with Gasteiger partial charge in [0.2, 0.25) is 0 Å². The molecule has 7 nitrogen and oxygen atoms in total. The van der Waals surface area contributed by atoms with Crippen molar-refractivity contribution in [2.75, 3.05) is 25.6 Å². The molecule has 1 heterocycles. The van der Waals surface area contributed by atoms with Crippen molar-refractivity contribution in [3.63, 3.8) is 0 Å². The summed E-state index contributed by atoms with van der Waals surface area (Å²) in [6.45, 7) is 0.971. The quantitative estimate of drug-likeness (QED) is 0.616. The highest BCUT2D eigenvalue weighted by molar-refractivity contribution is 6.39. The minimum absolute atomic E-state index is 0.309. The lowest BCUT2D eigenvalue weighted by molar-refractivity contribution is -0.136. The molecule has 0 unspecified atom stereocenters. The fraction of sp³-hybridized carbons (Fsp3) is 0.667. The monoisotopic (exact) mass is 308 g/mol. The van der Waals surface area contributed by atoms with E-state index in [9.17, 15) is 9.59 Å². The fourth-order valence-electron chi connectivity index (χ4n) is 2.70. The number of anilines is 1. The van der Waals surface area contributed by atoms with Crippen molar-refractivity contribution in [3.8, 4) is 0 Å². The zero-order valence-electron chi connectivity index (χ0n) is 13.0. The molecule has 7 heteroatoms. The van der Waals surface area contributed by atoms with Crippen LogP contribution < -0.4 is 10.6 Å². The molecule has 2 N–H and O–H groups in total. The summed E-state index contributed by atoms with van der Waals surface area (Å²) >= 11 is 0. The number of methoxy groups -OCH3 is 1. The van der Waals surface area contributed by atoms with Gasteiger partial charge in [-0.15, -0.1) is 0 Å². The fourth-order valence-corrected chi connectivity index (χ4v) is 2.70. The first kappa shape index (κ1) is 16.5. The van der Waals surface area contributed by atoms with Crippen molar-refractivity contribution in [1.29, 1.82) is 0 Å². The number of carbonyl (C=O) groups is 2. The third kappa shape index (κ3) is 4.56. The second-order valence-electron chi connectivity index (χ2n) is 5.51. The molecular weight excluding hydrogens is 284 g/mol. The van der Waals surface area contributed by atoms with E-state index in [0.29, 0.717) is 31.4 Å². The van der Waals surface area contributed by atoms with Gasteiger partial charge in [0.05, 0.1) is 12.2 Å². The van der Waals surface area contributed by atoms with E-state index in [1.807, 2.05) is 4.68 Å². The molecule has 1 fully saturated rings. The van der Waals surface area contributed by atoms with Crippen LogP contribution in [-0.2, 0) is 14.3 Å². The number of ether oxygens (including phenoxy) is 1. The Bertz CT molecular complexity index is 495. The van der Waals surface area contributed by atoms with Gasteiger partial charge in [0, 0.05) is 26.3 Å². The van der Waals surface area contributed by atoms with Gasteiger partial charge in [-0.05, 0) is 19.3 Å². The minimum atomic E-state index is -0.657. The molecule has 0 saturated heterocycles. The molecule has 0 bridgehead atoms. The number of rotatable bonds is 6. The molecule has 0 aromatic carbocycles. The van der Waals surface area contributed by atoms with Crippen LogP contribution in [0.3, 0.4) is 0 Å². The summed E-state index contributed by atoms with van der Waals surface area (Å²) in [5, 5.41) is 9.51. The van der Waals surface area contributed by atoms with Crippen molar-refractivity contribution in [2.45, 2.75) is 44.6 Å². The van der Waals surface area contributed by atoms with Crippen LogP contribution in [-0.4, -0.2) is 41.9 Å². The molecule has 2 amide bonds. The molecule has 0 radical (unpaired) electrons. The molecule has 1 aliphatic carbocycles. The predicted octanol–water partition coefficient (Wildman–Crippen LogP) is 1.48. The van der Waals surface area contributed by atoms with Crippen molar-refractivity contribution in [2.24, 2.45) is 0 Å². The van der Waals surface area contributed by atoms with Gasteiger partial charge >= 0.3 is 11.8 Å². The standard InChI is InChI=1S/C15H24N4O3/c1-22-11-5-9-16-14(20)15(21)18-13-8-10-17-19(13)12-6-3-2-4-7-12/h8,10,12H,2-7,9,11H2,1H3,(H,16,20)(H,18,21). The number of hydrogen-bond acceptors (Lipinski definition) is 4. The largest absolute Gasteiger partial charge is 0.385 e. The Hall–Kier alpha value is -1.89. The van der Waals surface area contributed by atoms with Gasteiger partial charge in [0.25, 0.3) is 0 Å². The van der Waals surface area contributed by atoms with Crippen LogP contribution in [0.25, 0.3) is 0 Å². The summed E-state index contributed by atoms with van der Waals surface area (Å²) in [6, 6.07) is 2.04. The molecule has 0 aliphatic heterocycles. The topological polar surface area (TPSA) is 85.2 Å². The molecule has 2 rings (SSSR count). The SMILES string of the molecule is COCCCNC(=O)C(=O)Nc1ccnn1C1CCCCC1. The number of nitrogens with one attached hydrogen (secondary N) is 2. The highest BCUT2D eigenvalue weighted by Crippen LogP contribution is 2.29. The summed E-state index contributed by atoms with van der Waals surface area (Å²) in [5.41, 5.74) is 0. The summed E-state index contributed by atoms with van der Waals surface area (Å²) in [7, 11) is 1.60. The summed E-state index contributed by atoms with van der Waals surface area (Å²) in [6.07, 6.45) is 8.07. The van der Waals surface area contributed by atoms with Crippen LogP contribution in [0, 0.1) is 0 Å². The maximum Gasteiger partial charge on any atom is 0.314 e. The Kier molecular flexibility index (Phi) is 6.39. The number of carbonyl (C=O) groups excluding carboxylic acids is 2. The van der Waals surface area contributed by atoms with E-state index >= 15 is 0 Å². The van der Waals surface area contributed by atoms with Crippen LogP contribution in [0.2, 0.25) is 0 Å². The molecule has 122 valence electrons. The van der Waals surface area contributed by atoms with Crippen molar-refractivity contribution in [3.05, 3.63) is 12.3 Å². The molecule has 1 aromatic rings. The molecule has 1 aliphatic rings. The van der Waals surface area contributed by atoms with Gasteiger partial charge < -0.3 is 15.4 Å². The zero-order valence-corrected chi connectivity index (χ0v) is 13.0.